The topological polar surface area (TPSA) is 68.2 Å². The van der Waals surface area contributed by atoms with E-state index in [9.17, 15) is 9.59 Å². The van der Waals surface area contributed by atoms with Crippen LogP contribution in [-0.4, -0.2) is 84.3 Å². The number of nitrogens with zero attached hydrogens (tertiary/aromatic N) is 4. The molecule has 26 heavy (non-hydrogen) atoms. The summed E-state index contributed by atoms with van der Waals surface area (Å²) in [5.41, 5.74) is 0. The van der Waals surface area contributed by atoms with E-state index < -0.39 is 0 Å². The minimum atomic E-state index is 0. The van der Waals surface area contributed by atoms with Crippen LogP contribution < -0.4 is 5.32 Å². The molecule has 0 spiro atoms. The van der Waals surface area contributed by atoms with Gasteiger partial charge in [0.25, 0.3) is 0 Å². The maximum atomic E-state index is 12.4. The van der Waals surface area contributed by atoms with Crippen molar-refractivity contribution < 1.29 is 9.59 Å². The number of aliphatic imine (C=N–C) groups is 1. The summed E-state index contributed by atoms with van der Waals surface area (Å²) in [4.78, 5) is 34.6. The fourth-order valence-electron chi connectivity index (χ4n) is 3.71. The summed E-state index contributed by atoms with van der Waals surface area (Å²) in [7, 11) is 0. The van der Waals surface area contributed by atoms with Crippen molar-refractivity contribution in [2.75, 3.05) is 45.8 Å². The Balaban J connectivity index is 0.00000243. The molecule has 148 valence electrons. The third-order valence-electron chi connectivity index (χ3n) is 5.44. The first-order valence-corrected chi connectivity index (χ1v) is 9.66. The van der Waals surface area contributed by atoms with Gasteiger partial charge >= 0.3 is 0 Å². The van der Waals surface area contributed by atoms with Crippen molar-refractivity contribution in [3.63, 3.8) is 0 Å². The Morgan fingerprint density at radius 3 is 2.35 bits per heavy atom. The zero-order valence-corrected chi connectivity index (χ0v) is 18.3. The SMILES string of the molecule is CCNC(=NCC1CCN(C(C)=O)CC1)N1CCN(C2CC2)C(=O)C1.I. The Labute approximate surface area is 173 Å². The molecule has 2 aliphatic heterocycles. The smallest absolute Gasteiger partial charge is 0.242 e. The number of carbonyl (C=O) groups is 2. The molecule has 3 rings (SSSR count). The zero-order valence-electron chi connectivity index (χ0n) is 15.9. The fraction of sp³-hybridized carbons (Fsp3) is 0.833. The molecule has 0 atom stereocenters. The first-order chi connectivity index (χ1) is 12.1. The molecule has 3 aliphatic rings. The highest BCUT2D eigenvalue weighted by molar-refractivity contribution is 14.0. The van der Waals surface area contributed by atoms with Crippen LogP contribution >= 0.6 is 24.0 Å². The van der Waals surface area contributed by atoms with Gasteiger partial charge in [0.05, 0.1) is 6.54 Å². The minimum Gasteiger partial charge on any atom is -0.357 e. The second-order valence-corrected chi connectivity index (χ2v) is 7.38. The van der Waals surface area contributed by atoms with E-state index in [-0.39, 0.29) is 35.8 Å². The van der Waals surface area contributed by atoms with Crippen LogP contribution in [0.25, 0.3) is 0 Å². The van der Waals surface area contributed by atoms with Crippen molar-refractivity contribution in [3.05, 3.63) is 0 Å². The standard InChI is InChI=1S/C18H31N5O2.HI/c1-3-19-18(20-12-15-6-8-21(9-7-15)14(2)24)22-10-11-23(16-4-5-16)17(25)13-22;/h15-16H,3-13H2,1-2H3,(H,19,20);1H. The Bertz CT molecular complexity index is 530. The van der Waals surface area contributed by atoms with E-state index in [1.54, 1.807) is 6.92 Å². The van der Waals surface area contributed by atoms with Crippen molar-refractivity contribution in [2.24, 2.45) is 10.9 Å². The quantitative estimate of drug-likeness (QED) is 0.375. The summed E-state index contributed by atoms with van der Waals surface area (Å²) in [5, 5.41) is 3.34. The van der Waals surface area contributed by atoms with Crippen LogP contribution in [0.2, 0.25) is 0 Å². The van der Waals surface area contributed by atoms with Gasteiger partial charge in [-0.2, -0.15) is 0 Å². The number of amides is 2. The molecule has 0 bridgehead atoms. The van der Waals surface area contributed by atoms with Gasteiger partial charge in [-0.05, 0) is 38.5 Å². The molecule has 0 unspecified atom stereocenters. The third kappa shape index (κ3) is 5.47. The lowest BCUT2D eigenvalue weighted by Gasteiger charge is -2.36. The molecule has 2 heterocycles. The number of likely N-dealkylation sites (tertiary alicyclic amines) is 1. The molecule has 1 N–H and O–H groups in total. The molecule has 7 nitrogen and oxygen atoms in total. The highest BCUT2D eigenvalue weighted by Crippen LogP contribution is 2.28. The van der Waals surface area contributed by atoms with Gasteiger partial charge in [-0.1, -0.05) is 0 Å². The molecule has 1 aliphatic carbocycles. The summed E-state index contributed by atoms with van der Waals surface area (Å²) >= 11 is 0. The van der Waals surface area contributed by atoms with Crippen LogP contribution in [0.15, 0.2) is 4.99 Å². The second-order valence-electron chi connectivity index (χ2n) is 7.38. The maximum absolute atomic E-state index is 12.4. The van der Waals surface area contributed by atoms with Gasteiger partial charge in [-0.25, -0.2) is 0 Å². The van der Waals surface area contributed by atoms with Crippen LogP contribution in [0.5, 0.6) is 0 Å². The van der Waals surface area contributed by atoms with Gasteiger partial charge in [0, 0.05) is 52.2 Å². The Morgan fingerprint density at radius 1 is 1.12 bits per heavy atom. The van der Waals surface area contributed by atoms with Crippen LogP contribution in [0, 0.1) is 5.92 Å². The third-order valence-corrected chi connectivity index (χ3v) is 5.44. The summed E-state index contributed by atoms with van der Waals surface area (Å²) in [5.74, 6) is 1.78. The van der Waals surface area contributed by atoms with Gasteiger partial charge in [0.2, 0.25) is 11.8 Å². The van der Waals surface area contributed by atoms with Gasteiger partial charge in [-0.3, -0.25) is 14.6 Å². The normalized spacial score (nSPS) is 22.3. The summed E-state index contributed by atoms with van der Waals surface area (Å²) in [6, 6.07) is 0.501. The van der Waals surface area contributed by atoms with E-state index in [4.69, 9.17) is 4.99 Å². The lowest BCUT2D eigenvalue weighted by molar-refractivity contribution is -0.135. The highest BCUT2D eigenvalue weighted by Gasteiger charge is 2.36. The van der Waals surface area contributed by atoms with Gasteiger partial charge in [0.1, 0.15) is 0 Å². The number of hydrogen-bond acceptors (Lipinski definition) is 3. The summed E-state index contributed by atoms with van der Waals surface area (Å²) in [6.07, 6.45) is 4.35. The lowest BCUT2D eigenvalue weighted by Crippen LogP contribution is -2.55. The summed E-state index contributed by atoms with van der Waals surface area (Å²) < 4.78 is 0. The molecule has 3 fully saturated rings. The number of carbonyl (C=O) groups excluding carboxylic acids is 2. The van der Waals surface area contributed by atoms with Crippen LogP contribution in [0.1, 0.15) is 39.5 Å². The molecule has 2 amide bonds. The number of piperidine rings is 1. The van der Waals surface area contributed by atoms with Crippen LogP contribution in [-0.2, 0) is 9.59 Å². The van der Waals surface area contributed by atoms with Crippen molar-refractivity contribution in [2.45, 2.75) is 45.6 Å². The predicted molar refractivity (Wildman–Crippen MR) is 113 cm³/mol. The average Bonchev–Trinajstić information content (AvgIpc) is 3.43. The predicted octanol–water partition coefficient (Wildman–Crippen LogP) is 1.14. The number of guanidine groups is 1. The van der Waals surface area contributed by atoms with E-state index in [1.165, 1.54) is 12.8 Å². The first-order valence-electron chi connectivity index (χ1n) is 9.66. The maximum Gasteiger partial charge on any atom is 0.242 e. The Kier molecular flexibility index (Phi) is 7.97. The number of hydrogen-bond donors (Lipinski definition) is 1. The van der Waals surface area contributed by atoms with E-state index in [2.05, 4.69) is 17.1 Å². The summed E-state index contributed by atoms with van der Waals surface area (Å²) in [6.45, 7) is 9.05. The molecule has 0 aromatic heterocycles. The van der Waals surface area contributed by atoms with E-state index in [0.717, 1.165) is 58.1 Å². The highest BCUT2D eigenvalue weighted by atomic mass is 127. The number of nitrogens with one attached hydrogen (secondary N) is 1. The molecule has 0 radical (unpaired) electrons. The zero-order chi connectivity index (χ0) is 17.8. The molecular weight excluding hydrogens is 445 g/mol. The molecule has 8 heteroatoms. The van der Waals surface area contributed by atoms with E-state index in [1.807, 2.05) is 9.80 Å². The molecule has 2 saturated heterocycles. The van der Waals surface area contributed by atoms with Gasteiger partial charge < -0.3 is 20.0 Å². The number of rotatable bonds is 4. The van der Waals surface area contributed by atoms with Crippen molar-refractivity contribution in [1.29, 1.82) is 0 Å². The van der Waals surface area contributed by atoms with Crippen molar-refractivity contribution >= 4 is 41.8 Å². The van der Waals surface area contributed by atoms with Gasteiger partial charge in [-0.15, -0.1) is 24.0 Å². The first kappa shape index (κ1) is 21.2. The van der Waals surface area contributed by atoms with Crippen molar-refractivity contribution in [1.82, 2.24) is 20.0 Å². The Hall–Kier alpha value is -1.06. The van der Waals surface area contributed by atoms with Crippen LogP contribution in [0.4, 0.5) is 0 Å². The minimum absolute atomic E-state index is 0. The van der Waals surface area contributed by atoms with E-state index in [0.29, 0.717) is 18.5 Å². The molecule has 1 saturated carbocycles. The van der Waals surface area contributed by atoms with E-state index >= 15 is 0 Å². The molecule has 0 aromatic rings. The van der Waals surface area contributed by atoms with Crippen molar-refractivity contribution in [3.8, 4) is 0 Å². The molecule has 0 aromatic carbocycles. The largest absolute Gasteiger partial charge is 0.357 e. The monoisotopic (exact) mass is 477 g/mol. The average molecular weight is 477 g/mol. The lowest BCUT2D eigenvalue weighted by atomic mass is 9.97. The number of piperazine rings is 1. The number of halogens is 1. The Morgan fingerprint density at radius 2 is 1.81 bits per heavy atom. The van der Waals surface area contributed by atoms with Gasteiger partial charge in [0.15, 0.2) is 5.96 Å². The second kappa shape index (κ2) is 9.75. The fourth-order valence-corrected chi connectivity index (χ4v) is 3.71. The van der Waals surface area contributed by atoms with Crippen LogP contribution in [0.3, 0.4) is 0 Å². The molecular formula is C18H32IN5O2.